The highest BCUT2D eigenvalue weighted by Crippen LogP contribution is 2.25. The number of unbranched alkanes of at least 4 members (excludes halogenated alkanes) is 10. The summed E-state index contributed by atoms with van der Waals surface area (Å²) in [5.74, 6) is -1.03. The fourth-order valence-electron chi connectivity index (χ4n) is 2.92. The summed E-state index contributed by atoms with van der Waals surface area (Å²) in [5.41, 5.74) is 0. The molecular weight excluding hydrogens is 316 g/mol. The Hall–Kier alpha value is -0.160. The fraction of sp³-hybridized carbons (Fsp3) is 1.00. The van der Waals surface area contributed by atoms with E-state index in [4.69, 9.17) is 19.2 Å². The van der Waals surface area contributed by atoms with Crippen LogP contribution in [0.15, 0.2) is 0 Å². The monoisotopic (exact) mass is 360 g/mol. The predicted octanol–water partition coefficient (Wildman–Crippen LogP) is 6.77. The lowest BCUT2D eigenvalue weighted by atomic mass is 10.0. The Balaban J connectivity index is 3.84. The third-order valence-electron chi connectivity index (χ3n) is 4.35. The van der Waals surface area contributed by atoms with Crippen molar-refractivity contribution in [2.24, 2.45) is 0 Å². The minimum absolute atomic E-state index is 0.616. The van der Waals surface area contributed by atoms with Gasteiger partial charge in [0.25, 0.3) is 0 Å². The van der Waals surface area contributed by atoms with Crippen molar-refractivity contribution in [3.8, 4) is 0 Å². The van der Waals surface area contributed by atoms with E-state index in [2.05, 4.69) is 20.8 Å². The summed E-state index contributed by atoms with van der Waals surface area (Å²) in [6.45, 7) is 7.67. The molecule has 0 aromatic heterocycles. The van der Waals surface area contributed by atoms with Crippen LogP contribution in [0.4, 0.5) is 0 Å². The van der Waals surface area contributed by atoms with Crippen LogP contribution in [0.25, 0.3) is 0 Å². The van der Waals surface area contributed by atoms with E-state index in [-0.39, 0.29) is 0 Å². The second-order valence-electron chi connectivity index (χ2n) is 6.92. The van der Waals surface area contributed by atoms with Crippen molar-refractivity contribution in [3.05, 3.63) is 0 Å². The van der Waals surface area contributed by atoms with Crippen molar-refractivity contribution in [1.29, 1.82) is 0 Å². The van der Waals surface area contributed by atoms with Crippen molar-refractivity contribution in [3.63, 3.8) is 0 Å². The zero-order valence-electron chi connectivity index (χ0n) is 17.4. The first-order valence-corrected chi connectivity index (χ1v) is 10.7. The average Bonchev–Trinajstić information content (AvgIpc) is 2.63. The summed E-state index contributed by atoms with van der Waals surface area (Å²) < 4.78 is 11.7. The van der Waals surface area contributed by atoms with Crippen molar-refractivity contribution >= 4 is 0 Å². The Morgan fingerprint density at radius 2 is 1.00 bits per heavy atom. The molecule has 0 fully saturated rings. The molecular formula is C21H44O4. The lowest BCUT2D eigenvalue weighted by molar-refractivity contribution is -0.501. The minimum atomic E-state index is -1.03. The SMILES string of the molecule is CCCCCCCCCCCCCC(OCCC)(OCCC)OOC. The van der Waals surface area contributed by atoms with Gasteiger partial charge in [0.2, 0.25) is 0 Å². The number of rotatable bonds is 20. The van der Waals surface area contributed by atoms with E-state index >= 15 is 0 Å². The summed E-state index contributed by atoms with van der Waals surface area (Å²) >= 11 is 0. The maximum absolute atomic E-state index is 5.84. The lowest BCUT2D eigenvalue weighted by Gasteiger charge is -2.31. The predicted molar refractivity (Wildman–Crippen MR) is 104 cm³/mol. The highest BCUT2D eigenvalue weighted by molar-refractivity contribution is 4.58. The van der Waals surface area contributed by atoms with Gasteiger partial charge in [-0.15, -0.1) is 0 Å². The quantitative estimate of drug-likeness (QED) is 0.104. The molecule has 0 radical (unpaired) electrons. The Morgan fingerprint density at radius 1 is 0.560 bits per heavy atom. The van der Waals surface area contributed by atoms with Gasteiger partial charge in [-0.2, -0.15) is 4.89 Å². The van der Waals surface area contributed by atoms with Gasteiger partial charge in [0.05, 0.1) is 20.3 Å². The lowest BCUT2D eigenvalue weighted by Crippen LogP contribution is -2.39. The van der Waals surface area contributed by atoms with E-state index in [0.717, 1.165) is 25.7 Å². The molecule has 0 unspecified atom stereocenters. The van der Waals surface area contributed by atoms with Crippen LogP contribution in [0.3, 0.4) is 0 Å². The zero-order valence-corrected chi connectivity index (χ0v) is 17.4. The van der Waals surface area contributed by atoms with Gasteiger partial charge in [-0.3, -0.25) is 0 Å². The molecule has 0 saturated heterocycles. The Morgan fingerprint density at radius 3 is 1.40 bits per heavy atom. The maximum atomic E-state index is 5.84. The maximum Gasteiger partial charge on any atom is 0.312 e. The van der Waals surface area contributed by atoms with Gasteiger partial charge < -0.3 is 9.47 Å². The van der Waals surface area contributed by atoms with Crippen LogP contribution in [-0.2, 0) is 19.2 Å². The summed E-state index contributed by atoms with van der Waals surface area (Å²) in [5, 5.41) is 0. The molecule has 25 heavy (non-hydrogen) atoms. The van der Waals surface area contributed by atoms with Crippen LogP contribution in [-0.4, -0.2) is 26.3 Å². The van der Waals surface area contributed by atoms with Gasteiger partial charge >= 0.3 is 5.97 Å². The molecule has 0 heterocycles. The molecule has 152 valence electrons. The number of hydrogen-bond acceptors (Lipinski definition) is 4. The summed E-state index contributed by atoms with van der Waals surface area (Å²) in [4.78, 5) is 10.3. The third kappa shape index (κ3) is 14.7. The molecule has 0 aromatic rings. The standard InChI is InChI=1S/C21H44O4/c1-5-8-9-10-11-12-13-14-15-16-17-18-21(25-22-4,23-19-6-2)24-20-7-3/h5-20H2,1-4H3. The van der Waals surface area contributed by atoms with Crippen molar-refractivity contribution in [2.75, 3.05) is 20.3 Å². The van der Waals surface area contributed by atoms with Gasteiger partial charge in [0.1, 0.15) is 0 Å². The first-order valence-electron chi connectivity index (χ1n) is 10.7. The van der Waals surface area contributed by atoms with Crippen molar-refractivity contribution < 1.29 is 19.2 Å². The molecule has 0 bridgehead atoms. The van der Waals surface area contributed by atoms with Crippen LogP contribution >= 0.6 is 0 Å². The number of ether oxygens (including phenoxy) is 2. The molecule has 0 N–H and O–H groups in total. The van der Waals surface area contributed by atoms with Gasteiger partial charge in [-0.25, -0.2) is 4.89 Å². The molecule has 0 aromatic carbocycles. The average molecular weight is 361 g/mol. The first-order chi connectivity index (χ1) is 12.2. The normalized spacial score (nSPS) is 12.0. The van der Waals surface area contributed by atoms with Gasteiger partial charge in [-0.05, 0) is 19.3 Å². The van der Waals surface area contributed by atoms with E-state index in [0.29, 0.717) is 13.2 Å². The van der Waals surface area contributed by atoms with E-state index in [1.54, 1.807) is 0 Å². The Bertz CT molecular complexity index is 250. The number of hydrogen-bond donors (Lipinski definition) is 0. The van der Waals surface area contributed by atoms with E-state index in [9.17, 15) is 0 Å². The molecule has 0 aliphatic carbocycles. The molecule has 0 aliphatic rings. The largest absolute Gasteiger partial charge is 0.326 e. The summed E-state index contributed by atoms with van der Waals surface area (Å²) in [6, 6.07) is 0. The van der Waals surface area contributed by atoms with Gasteiger partial charge in [0, 0.05) is 6.42 Å². The van der Waals surface area contributed by atoms with Gasteiger partial charge in [-0.1, -0.05) is 85.0 Å². The fourth-order valence-corrected chi connectivity index (χ4v) is 2.92. The topological polar surface area (TPSA) is 36.9 Å². The molecule has 0 amide bonds. The Kier molecular flexibility index (Phi) is 18.5. The van der Waals surface area contributed by atoms with Crippen LogP contribution in [0.2, 0.25) is 0 Å². The van der Waals surface area contributed by atoms with Gasteiger partial charge in [0.15, 0.2) is 0 Å². The molecule has 4 heteroatoms. The zero-order chi connectivity index (χ0) is 18.6. The van der Waals surface area contributed by atoms with Crippen LogP contribution < -0.4 is 0 Å². The molecule has 0 saturated carbocycles. The highest BCUT2D eigenvalue weighted by atomic mass is 17.3. The van der Waals surface area contributed by atoms with Crippen molar-refractivity contribution in [2.45, 2.75) is 117 Å². The molecule has 0 atom stereocenters. The minimum Gasteiger partial charge on any atom is -0.326 e. The van der Waals surface area contributed by atoms with E-state index in [1.165, 1.54) is 71.3 Å². The smallest absolute Gasteiger partial charge is 0.312 e. The second-order valence-corrected chi connectivity index (χ2v) is 6.92. The Labute approximate surface area is 156 Å². The molecule has 0 rings (SSSR count). The van der Waals surface area contributed by atoms with E-state index < -0.39 is 5.97 Å². The summed E-state index contributed by atoms with van der Waals surface area (Å²) in [6.07, 6.45) is 17.1. The first kappa shape index (κ1) is 24.8. The van der Waals surface area contributed by atoms with Crippen LogP contribution in [0.1, 0.15) is 111 Å². The molecule has 0 spiro atoms. The molecule has 0 aliphatic heterocycles. The molecule has 4 nitrogen and oxygen atoms in total. The van der Waals surface area contributed by atoms with E-state index in [1.807, 2.05) is 0 Å². The van der Waals surface area contributed by atoms with Crippen LogP contribution in [0.5, 0.6) is 0 Å². The van der Waals surface area contributed by atoms with Crippen LogP contribution in [0, 0.1) is 0 Å². The third-order valence-corrected chi connectivity index (χ3v) is 4.35. The second kappa shape index (κ2) is 18.6. The van der Waals surface area contributed by atoms with Crippen molar-refractivity contribution in [1.82, 2.24) is 0 Å². The summed E-state index contributed by atoms with van der Waals surface area (Å²) in [7, 11) is 1.51. The highest BCUT2D eigenvalue weighted by Gasteiger charge is 2.34.